The molecule has 2 amide bonds. The smallest absolute Gasteiger partial charge is 0.236 e. The van der Waals surface area contributed by atoms with Crippen molar-refractivity contribution in [1.82, 2.24) is 15.1 Å². The average Bonchev–Trinajstić information content (AvgIpc) is 2.66. The van der Waals surface area contributed by atoms with E-state index in [0.717, 1.165) is 30.9 Å². The van der Waals surface area contributed by atoms with Crippen LogP contribution in [0.2, 0.25) is 0 Å². The van der Waals surface area contributed by atoms with Crippen molar-refractivity contribution in [2.75, 3.05) is 64.9 Å². The Morgan fingerprint density at radius 1 is 1.15 bits per heavy atom. The van der Waals surface area contributed by atoms with Crippen molar-refractivity contribution in [3.05, 3.63) is 24.3 Å². The molecule has 1 aliphatic rings. The Balaban J connectivity index is 1.80. The van der Waals surface area contributed by atoms with Crippen LogP contribution in [0.25, 0.3) is 0 Å². The van der Waals surface area contributed by atoms with Gasteiger partial charge in [-0.05, 0) is 25.6 Å². The number of piperazine rings is 1. The lowest BCUT2D eigenvalue weighted by Crippen LogP contribution is -2.51. The quantitative estimate of drug-likeness (QED) is 0.741. The van der Waals surface area contributed by atoms with E-state index in [1.807, 2.05) is 36.1 Å². The van der Waals surface area contributed by atoms with Crippen molar-refractivity contribution in [3.63, 3.8) is 0 Å². The van der Waals surface area contributed by atoms with Gasteiger partial charge in [0.15, 0.2) is 0 Å². The maximum absolute atomic E-state index is 12.5. The zero-order valence-electron chi connectivity index (χ0n) is 16.0. The fourth-order valence-electron chi connectivity index (χ4n) is 3.04. The lowest BCUT2D eigenvalue weighted by molar-refractivity contribution is -0.133. The second-order valence-electron chi connectivity index (χ2n) is 6.56. The first-order chi connectivity index (χ1) is 12.5. The molecule has 1 heterocycles. The van der Waals surface area contributed by atoms with Gasteiger partial charge in [0, 0.05) is 32.7 Å². The van der Waals surface area contributed by atoms with E-state index in [9.17, 15) is 9.59 Å². The minimum absolute atomic E-state index is 0.0388. The molecule has 7 nitrogen and oxygen atoms in total. The molecule has 2 rings (SSSR count). The predicted octanol–water partition coefficient (Wildman–Crippen LogP) is 0.802. The molecule has 0 saturated carbocycles. The largest absolute Gasteiger partial charge is 0.495 e. The van der Waals surface area contributed by atoms with Gasteiger partial charge in [-0.3, -0.25) is 14.5 Å². The van der Waals surface area contributed by atoms with Gasteiger partial charge in [0.25, 0.3) is 0 Å². The highest BCUT2D eigenvalue weighted by Gasteiger charge is 2.23. The Bertz CT molecular complexity index is 600. The molecule has 0 aliphatic carbocycles. The molecular weight excluding hydrogens is 332 g/mol. The summed E-state index contributed by atoms with van der Waals surface area (Å²) in [7, 11) is 3.47. The molecule has 0 bridgehead atoms. The maximum atomic E-state index is 12.5. The molecule has 0 atom stereocenters. The van der Waals surface area contributed by atoms with E-state index in [1.54, 1.807) is 19.1 Å². The Morgan fingerprint density at radius 2 is 1.85 bits per heavy atom. The number of carbonyl (C=O) groups excluding carboxylic acids is 2. The molecule has 1 aromatic carbocycles. The van der Waals surface area contributed by atoms with Gasteiger partial charge in [-0.2, -0.15) is 0 Å². The van der Waals surface area contributed by atoms with Crippen molar-refractivity contribution in [3.8, 4) is 5.75 Å². The molecule has 1 N–H and O–H groups in total. The Morgan fingerprint density at radius 3 is 2.50 bits per heavy atom. The molecule has 0 unspecified atom stereocenters. The van der Waals surface area contributed by atoms with E-state index in [4.69, 9.17) is 4.74 Å². The summed E-state index contributed by atoms with van der Waals surface area (Å²) in [6, 6.07) is 7.94. The van der Waals surface area contributed by atoms with Crippen molar-refractivity contribution in [2.45, 2.75) is 13.3 Å². The topological polar surface area (TPSA) is 65.1 Å². The number of hydrogen-bond donors (Lipinski definition) is 1. The normalized spacial score (nSPS) is 14.5. The second-order valence-corrected chi connectivity index (χ2v) is 6.56. The van der Waals surface area contributed by atoms with Gasteiger partial charge in [0.2, 0.25) is 11.8 Å². The van der Waals surface area contributed by atoms with Crippen LogP contribution in [0.4, 0.5) is 5.69 Å². The van der Waals surface area contributed by atoms with Crippen LogP contribution < -0.4 is 15.0 Å². The lowest BCUT2D eigenvalue weighted by Gasteiger charge is -2.37. The van der Waals surface area contributed by atoms with Crippen LogP contribution in [0.1, 0.15) is 13.3 Å². The number of rotatable bonds is 8. The molecule has 0 radical (unpaired) electrons. The standard InChI is InChI=1S/C19H30N4O3/c1-4-9-20-18(24)14-21(2)15-19(25)23-12-10-22(11-13-23)16-7-5-6-8-17(16)26-3/h5-8H,4,9-15H2,1-3H3,(H,20,24). The van der Waals surface area contributed by atoms with Crippen molar-refractivity contribution < 1.29 is 14.3 Å². The van der Waals surface area contributed by atoms with Gasteiger partial charge in [0.1, 0.15) is 5.75 Å². The first-order valence-corrected chi connectivity index (χ1v) is 9.16. The van der Waals surface area contributed by atoms with Gasteiger partial charge >= 0.3 is 0 Å². The Hall–Kier alpha value is -2.28. The van der Waals surface area contributed by atoms with Crippen LogP contribution >= 0.6 is 0 Å². The number of nitrogens with zero attached hydrogens (tertiary/aromatic N) is 3. The monoisotopic (exact) mass is 362 g/mol. The lowest BCUT2D eigenvalue weighted by atomic mass is 10.2. The van der Waals surface area contributed by atoms with Crippen LogP contribution in [0.3, 0.4) is 0 Å². The summed E-state index contributed by atoms with van der Waals surface area (Å²) < 4.78 is 5.42. The number of nitrogens with one attached hydrogen (secondary N) is 1. The number of hydrogen-bond acceptors (Lipinski definition) is 5. The van der Waals surface area contributed by atoms with Gasteiger partial charge in [-0.25, -0.2) is 0 Å². The highest BCUT2D eigenvalue weighted by Crippen LogP contribution is 2.28. The SMILES string of the molecule is CCCNC(=O)CN(C)CC(=O)N1CCN(c2ccccc2OC)CC1. The predicted molar refractivity (Wildman–Crippen MR) is 103 cm³/mol. The van der Waals surface area contributed by atoms with Gasteiger partial charge in [-0.1, -0.05) is 19.1 Å². The van der Waals surface area contributed by atoms with Crippen LogP contribution in [0.5, 0.6) is 5.75 Å². The van der Waals surface area contributed by atoms with E-state index in [1.165, 1.54) is 0 Å². The highest BCUT2D eigenvalue weighted by molar-refractivity contribution is 5.81. The number of methoxy groups -OCH3 is 1. The Kier molecular flexibility index (Phi) is 7.72. The molecule has 7 heteroatoms. The molecular formula is C19H30N4O3. The summed E-state index contributed by atoms with van der Waals surface area (Å²) in [5.74, 6) is 0.878. The third kappa shape index (κ3) is 5.62. The number of para-hydroxylation sites is 2. The average molecular weight is 362 g/mol. The van der Waals surface area contributed by atoms with Gasteiger partial charge in [-0.15, -0.1) is 0 Å². The summed E-state index contributed by atoms with van der Waals surface area (Å²) in [5, 5.41) is 2.83. The zero-order valence-corrected chi connectivity index (χ0v) is 16.0. The summed E-state index contributed by atoms with van der Waals surface area (Å²) in [6.45, 7) is 6.07. The maximum Gasteiger partial charge on any atom is 0.236 e. The summed E-state index contributed by atoms with van der Waals surface area (Å²) in [4.78, 5) is 30.1. The van der Waals surface area contributed by atoms with E-state index >= 15 is 0 Å². The van der Waals surface area contributed by atoms with Crippen LogP contribution in [-0.2, 0) is 9.59 Å². The van der Waals surface area contributed by atoms with Crippen LogP contribution in [0, 0.1) is 0 Å². The fourth-order valence-corrected chi connectivity index (χ4v) is 3.04. The summed E-state index contributed by atoms with van der Waals surface area (Å²) >= 11 is 0. The van der Waals surface area contributed by atoms with Gasteiger partial charge < -0.3 is 19.9 Å². The number of ether oxygens (including phenoxy) is 1. The number of anilines is 1. The van der Waals surface area contributed by atoms with E-state index in [-0.39, 0.29) is 24.9 Å². The first kappa shape index (κ1) is 20.0. The Labute approximate surface area is 155 Å². The molecule has 1 saturated heterocycles. The van der Waals surface area contributed by atoms with Crippen LogP contribution in [0.15, 0.2) is 24.3 Å². The van der Waals surface area contributed by atoms with Crippen molar-refractivity contribution >= 4 is 17.5 Å². The number of benzene rings is 1. The molecule has 144 valence electrons. The second kappa shape index (κ2) is 10.0. The third-order valence-electron chi connectivity index (χ3n) is 4.45. The molecule has 1 fully saturated rings. The molecule has 26 heavy (non-hydrogen) atoms. The summed E-state index contributed by atoms with van der Waals surface area (Å²) in [5.41, 5.74) is 1.06. The summed E-state index contributed by atoms with van der Waals surface area (Å²) in [6.07, 6.45) is 0.908. The molecule has 1 aliphatic heterocycles. The van der Waals surface area contributed by atoms with Gasteiger partial charge in [0.05, 0.1) is 25.9 Å². The van der Waals surface area contributed by atoms with E-state index < -0.39 is 0 Å². The number of carbonyl (C=O) groups is 2. The minimum Gasteiger partial charge on any atom is -0.495 e. The molecule has 1 aromatic rings. The van der Waals surface area contributed by atoms with Crippen LogP contribution in [-0.4, -0.2) is 81.6 Å². The van der Waals surface area contributed by atoms with Crippen molar-refractivity contribution in [1.29, 1.82) is 0 Å². The molecule has 0 aromatic heterocycles. The number of likely N-dealkylation sites (N-methyl/N-ethyl adjacent to an activating group) is 1. The highest BCUT2D eigenvalue weighted by atomic mass is 16.5. The number of amides is 2. The zero-order chi connectivity index (χ0) is 18.9. The van der Waals surface area contributed by atoms with Crippen molar-refractivity contribution in [2.24, 2.45) is 0 Å². The first-order valence-electron chi connectivity index (χ1n) is 9.16. The van der Waals surface area contributed by atoms with E-state index in [2.05, 4.69) is 10.2 Å². The minimum atomic E-state index is -0.0388. The fraction of sp³-hybridized carbons (Fsp3) is 0.579. The molecule has 0 spiro atoms. The van der Waals surface area contributed by atoms with E-state index in [0.29, 0.717) is 19.6 Å². The third-order valence-corrected chi connectivity index (χ3v) is 4.45.